The van der Waals surface area contributed by atoms with Crippen LogP contribution in [-0.2, 0) is 14.3 Å². The van der Waals surface area contributed by atoms with E-state index in [0.717, 1.165) is 6.08 Å². The van der Waals surface area contributed by atoms with Gasteiger partial charge in [-0.1, -0.05) is 6.07 Å². The van der Waals surface area contributed by atoms with Gasteiger partial charge in [0, 0.05) is 6.08 Å². The lowest BCUT2D eigenvalue weighted by atomic mass is 9.96. The molecule has 0 spiro atoms. The summed E-state index contributed by atoms with van der Waals surface area (Å²) in [5, 5.41) is 38.3. The number of phenolic OH excluding ortho intramolecular Hbond substituents is 2. The Kier molecular flexibility index (Phi) is 5.25. The Hall–Kier alpha value is -2.09. The summed E-state index contributed by atoms with van der Waals surface area (Å²) in [7, 11) is 0. The summed E-state index contributed by atoms with van der Waals surface area (Å²) in [6, 6.07) is 4.08. The second kappa shape index (κ2) is 6.99. The fourth-order valence-electron chi connectivity index (χ4n) is 2.39. The van der Waals surface area contributed by atoms with Crippen molar-refractivity contribution >= 4 is 12.0 Å². The van der Waals surface area contributed by atoms with E-state index < -0.39 is 36.5 Å². The average molecular weight is 324 g/mol. The molecule has 1 aliphatic rings. The van der Waals surface area contributed by atoms with Crippen LogP contribution in [0.1, 0.15) is 19.4 Å². The van der Waals surface area contributed by atoms with E-state index in [1.54, 1.807) is 13.8 Å². The molecule has 1 aromatic rings. The molecule has 0 aliphatic carbocycles. The van der Waals surface area contributed by atoms with Gasteiger partial charge in [0.25, 0.3) is 0 Å². The summed E-state index contributed by atoms with van der Waals surface area (Å²) in [6.07, 6.45) is -1.95. The van der Waals surface area contributed by atoms with Crippen LogP contribution in [-0.4, -0.2) is 56.9 Å². The van der Waals surface area contributed by atoms with Gasteiger partial charge in [-0.2, -0.15) is 0 Å². The maximum atomic E-state index is 11.8. The molecule has 0 radical (unpaired) electrons. The number of hydrogen-bond acceptors (Lipinski definition) is 7. The van der Waals surface area contributed by atoms with E-state index in [4.69, 9.17) is 9.47 Å². The van der Waals surface area contributed by atoms with E-state index in [1.165, 1.54) is 24.3 Å². The number of ether oxygens (including phenoxy) is 2. The highest BCUT2D eigenvalue weighted by atomic mass is 16.6. The predicted molar refractivity (Wildman–Crippen MR) is 80.7 cm³/mol. The van der Waals surface area contributed by atoms with Crippen LogP contribution in [0, 0.1) is 0 Å². The Balaban J connectivity index is 2.01. The van der Waals surface area contributed by atoms with Crippen LogP contribution in [0.4, 0.5) is 0 Å². The van der Waals surface area contributed by atoms with Gasteiger partial charge in [-0.05, 0) is 37.6 Å². The van der Waals surface area contributed by atoms with Crippen molar-refractivity contribution < 1.29 is 34.7 Å². The van der Waals surface area contributed by atoms with E-state index in [9.17, 15) is 25.2 Å². The van der Waals surface area contributed by atoms with E-state index in [-0.39, 0.29) is 11.5 Å². The van der Waals surface area contributed by atoms with Crippen molar-refractivity contribution in [3.8, 4) is 11.5 Å². The quantitative estimate of drug-likeness (QED) is 0.364. The molecule has 1 aromatic carbocycles. The van der Waals surface area contributed by atoms with Crippen LogP contribution >= 0.6 is 0 Å². The molecule has 0 saturated carbocycles. The third kappa shape index (κ3) is 4.01. The van der Waals surface area contributed by atoms with Gasteiger partial charge in [-0.25, -0.2) is 4.79 Å². The zero-order valence-electron chi connectivity index (χ0n) is 12.8. The zero-order chi connectivity index (χ0) is 17.1. The maximum Gasteiger partial charge on any atom is 0.331 e. The lowest BCUT2D eigenvalue weighted by Crippen LogP contribution is -2.57. The smallest absolute Gasteiger partial charge is 0.331 e. The number of aromatic hydroxyl groups is 2. The second-order valence-electron chi connectivity index (χ2n) is 5.51. The predicted octanol–water partition coefficient (Wildman–Crippen LogP) is 0.552. The number of esters is 1. The van der Waals surface area contributed by atoms with E-state index in [2.05, 4.69) is 0 Å². The van der Waals surface area contributed by atoms with Gasteiger partial charge in [-0.15, -0.1) is 0 Å². The minimum absolute atomic E-state index is 0.260. The van der Waals surface area contributed by atoms with Crippen molar-refractivity contribution in [3.63, 3.8) is 0 Å². The number of aliphatic hydroxyl groups is 2. The van der Waals surface area contributed by atoms with E-state index in [0.29, 0.717) is 5.56 Å². The average Bonchev–Trinajstić information content (AvgIpc) is 2.50. The van der Waals surface area contributed by atoms with Crippen molar-refractivity contribution in [1.29, 1.82) is 0 Å². The third-order valence-electron chi connectivity index (χ3n) is 3.72. The fraction of sp³-hybridized carbons (Fsp3) is 0.438. The van der Waals surface area contributed by atoms with Crippen LogP contribution in [0.3, 0.4) is 0 Å². The molecule has 1 heterocycles. The van der Waals surface area contributed by atoms with Crippen molar-refractivity contribution in [3.05, 3.63) is 29.8 Å². The molecule has 0 amide bonds. The van der Waals surface area contributed by atoms with Crippen molar-refractivity contribution in [1.82, 2.24) is 0 Å². The molecule has 4 N–H and O–H groups in total. The Bertz CT molecular complexity index is 598. The first-order valence-electron chi connectivity index (χ1n) is 7.22. The molecule has 0 aromatic heterocycles. The number of aliphatic hydroxyl groups excluding tert-OH is 2. The Morgan fingerprint density at radius 2 is 1.83 bits per heavy atom. The van der Waals surface area contributed by atoms with E-state index >= 15 is 0 Å². The summed E-state index contributed by atoms with van der Waals surface area (Å²) in [4.78, 5) is 11.8. The highest BCUT2D eigenvalue weighted by Gasteiger charge is 2.42. The number of carbonyl (C=O) groups excluding carboxylic acids is 1. The summed E-state index contributed by atoms with van der Waals surface area (Å²) >= 11 is 0. The Labute approximate surface area is 133 Å². The molecule has 2 rings (SSSR count). The lowest BCUT2D eigenvalue weighted by Gasteiger charge is -2.39. The Morgan fingerprint density at radius 1 is 1.13 bits per heavy atom. The molecule has 7 nitrogen and oxygen atoms in total. The van der Waals surface area contributed by atoms with E-state index in [1.807, 2.05) is 0 Å². The van der Waals surface area contributed by atoms with Crippen molar-refractivity contribution in [2.45, 2.75) is 44.4 Å². The van der Waals surface area contributed by atoms with Gasteiger partial charge in [-0.3, -0.25) is 0 Å². The normalized spacial score (nSPS) is 31.2. The van der Waals surface area contributed by atoms with Crippen LogP contribution in [0.25, 0.3) is 6.08 Å². The number of carbonyl (C=O) groups is 1. The minimum Gasteiger partial charge on any atom is -0.504 e. The van der Waals surface area contributed by atoms with Crippen LogP contribution < -0.4 is 0 Å². The first-order valence-corrected chi connectivity index (χ1v) is 7.22. The molecular formula is C16H20O7. The number of benzene rings is 1. The topological polar surface area (TPSA) is 116 Å². The number of phenols is 2. The highest BCUT2D eigenvalue weighted by Crippen LogP contribution is 2.26. The second-order valence-corrected chi connectivity index (χ2v) is 5.51. The Morgan fingerprint density at radius 3 is 2.48 bits per heavy atom. The molecule has 5 atom stereocenters. The summed E-state index contributed by atoms with van der Waals surface area (Å²) < 4.78 is 10.5. The highest BCUT2D eigenvalue weighted by molar-refractivity contribution is 5.87. The van der Waals surface area contributed by atoms with Gasteiger partial charge in [0.2, 0.25) is 0 Å². The minimum atomic E-state index is -1.23. The van der Waals surface area contributed by atoms with Crippen molar-refractivity contribution in [2.24, 2.45) is 0 Å². The SMILES string of the molecule is CC1OC(C)C(OC(=O)/C=C/c2ccc(O)c(O)c2)C(O)C1O. The first-order chi connectivity index (χ1) is 10.8. The van der Waals surface area contributed by atoms with Gasteiger partial charge >= 0.3 is 5.97 Å². The summed E-state index contributed by atoms with van der Waals surface area (Å²) in [6.45, 7) is 3.27. The van der Waals surface area contributed by atoms with Gasteiger partial charge in [0.1, 0.15) is 12.2 Å². The third-order valence-corrected chi connectivity index (χ3v) is 3.72. The lowest BCUT2D eigenvalue weighted by molar-refractivity contribution is -0.223. The molecule has 23 heavy (non-hydrogen) atoms. The molecule has 7 heteroatoms. The van der Waals surface area contributed by atoms with Gasteiger partial charge in [0.05, 0.1) is 12.2 Å². The molecule has 5 unspecified atom stereocenters. The standard InChI is InChI=1S/C16H20O7/c1-8-14(20)15(21)16(9(2)22-8)23-13(19)6-4-10-3-5-11(17)12(18)7-10/h3-9,14-18,20-21H,1-2H3/b6-4+. The van der Waals surface area contributed by atoms with Crippen LogP contribution in [0.5, 0.6) is 11.5 Å². The summed E-state index contributed by atoms with van der Waals surface area (Å²) in [5.74, 6) is -1.29. The number of rotatable bonds is 3. The largest absolute Gasteiger partial charge is 0.504 e. The van der Waals surface area contributed by atoms with Crippen molar-refractivity contribution in [2.75, 3.05) is 0 Å². The molecule has 0 bridgehead atoms. The monoisotopic (exact) mass is 324 g/mol. The molecular weight excluding hydrogens is 304 g/mol. The zero-order valence-corrected chi connectivity index (χ0v) is 12.8. The number of hydrogen-bond donors (Lipinski definition) is 4. The molecule has 1 fully saturated rings. The van der Waals surface area contributed by atoms with Crippen LogP contribution in [0.15, 0.2) is 24.3 Å². The molecule has 1 aliphatic heterocycles. The van der Waals surface area contributed by atoms with Gasteiger partial charge in [0.15, 0.2) is 17.6 Å². The van der Waals surface area contributed by atoms with Gasteiger partial charge < -0.3 is 29.9 Å². The molecule has 126 valence electrons. The molecule has 1 saturated heterocycles. The first kappa shape index (κ1) is 17.3. The maximum absolute atomic E-state index is 11.8. The van der Waals surface area contributed by atoms with Crippen LogP contribution in [0.2, 0.25) is 0 Å². The summed E-state index contributed by atoms with van der Waals surface area (Å²) in [5.41, 5.74) is 0.486. The fourth-order valence-corrected chi connectivity index (χ4v) is 2.39.